The van der Waals surface area contributed by atoms with Gasteiger partial charge in [-0.15, -0.1) is 0 Å². The van der Waals surface area contributed by atoms with Crippen LogP contribution in [-0.2, 0) is 4.74 Å². The van der Waals surface area contributed by atoms with Crippen molar-refractivity contribution >= 4 is 22.2 Å². The number of halogens is 1. The molecule has 154 valence electrons. The Balaban J connectivity index is 1.48. The summed E-state index contributed by atoms with van der Waals surface area (Å²) in [6.07, 6.45) is 7.87. The van der Waals surface area contributed by atoms with Crippen molar-refractivity contribution in [3.05, 3.63) is 66.4 Å². The summed E-state index contributed by atoms with van der Waals surface area (Å²) in [5.41, 5.74) is 1.82. The minimum Gasteiger partial charge on any atom is -0.381 e. The summed E-state index contributed by atoms with van der Waals surface area (Å²) >= 11 is 0. The van der Waals surface area contributed by atoms with Crippen LogP contribution in [0.2, 0.25) is 0 Å². The van der Waals surface area contributed by atoms with E-state index in [9.17, 15) is 4.39 Å². The van der Waals surface area contributed by atoms with E-state index in [2.05, 4.69) is 30.2 Å². The van der Waals surface area contributed by atoms with Crippen molar-refractivity contribution in [3.8, 4) is 0 Å². The number of aliphatic imine (C=N–C) groups is 1. The van der Waals surface area contributed by atoms with E-state index in [1.54, 1.807) is 12.4 Å². The molecule has 0 radical (unpaired) electrons. The standard InChI is InChI=1S/C22H23FN6O/c1-14-25-13-20(29(14)16-6-8-30-9-7-16)21-18(23)11-26-22(28-21)27-19-12-24-10-15-4-2-3-5-17(15)19/h2-5,10-13,16,22,26-27H,6-9H2,1H3. The molecule has 1 fully saturated rings. The molecule has 2 N–H and O–H groups in total. The lowest BCUT2D eigenvalue weighted by molar-refractivity contribution is 0.0689. The maximum atomic E-state index is 14.8. The number of pyridine rings is 1. The van der Waals surface area contributed by atoms with Gasteiger partial charge in [-0.2, -0.15) is 0 Å². The number of hydrogen-bond acceptors (Lipinski definition) is 6. The van der Waals surface area contributed by atoms with Crippen molar-refractivity contribution in [3.63, 3.8) is 0 Å². The molecule has 3 aromatic rings. The zero-order chi connectivity index (χ0) is 20.5. The van der Waals surface area contributed by atoms with Crippen molar-refractivity contribution in [2.24, 2.45) is 4.99 Å². The van der Waals surface area contributed by atoms with E-state index in [1.807, 2.05) is 37.4 Å². The van der Waals surface area contributed by atoms with Crippen LogP contribution in [0.25, 0.3) is 10.8 Å². The summed E-state index contributed by atoms with van der Waals surface area (Å²) in [5.74, 6) is 0.450. The molecule has 1 atom stereocenters. The molecule has 0 amide bonds. The van der Waals surface area contributed by atoms with Crippen LogP contribution in [0.15, 0.2) is 59.9 Å². The second-order valence-electron chi connectivity index (χ2n) is 7.50. The van der Waals surface area contributed by atoms with Crippen LogP contribution in [0, 0.1) is 6.92 Å². The Kier molecular flexibility index (Phi) is 4.92. The first-order valence-electron chi connectivity index (χ1n) is 10.1. The second-order valence-corrected chi connectivity index (χ2v) is 7.50. The van der Waals surface area contributed by atoms with Gasteiger partial charge in [-0.3, -0.25) is 4.98 Å². The zero-order valence-electron chi connectivity index (χ0n) is 16.7. The Hall–Kier alpha value is -3.26. The number of nitrogens with one attached hydrogen (secondary N) is 2. The molecule has 2 aliphatic heterocycles. The first-order chi connectivity index (χ1) is 14.7. The molecule has 1 unspecified atom stereocenters. The SMILES string of the molecule is Cc1ncc(C2=NC(Nc3cncc4ccccc34)NC=C2F)n1C1CCOCC1. The van der Waals surface area contributed by atoms with E-state index >= 15 is 0 Å². The highest BCUT2D eigenvalue weighted by Crippen LogP contribution is 2.28. The number of anilines is 1. The third-order valence-electron chi connectivity index (χ3n) is 5.59. The van der Waals surface area contributed by atoms with Gasteiger partial charge in [0.2, 0.25) is 0 Å². The third-order valence-corrected chi connectivity index (χ3v) is 5.59. The van der Waals surface area contributed by atoms with Crippen molar-refractivity contribution in [2.45, 2.75) is 32.1 Å². The quantitative estimate of drug-likeness (QED) is 0.691. The Labute approximate surface area is 173 Å². The number of allylic oxidation sites excluding steroid dienone is 1. The van der Waals surface area contributed by atoms with Gasteiger partial charge in [-0.1, -0.05) is 24.3 Å². The smallest absolute Gasteiger partial charge is 0.194 e. The molecule has 1 aromatic carbocycles. The number of rotatable bonds is 4. The van der Waals surface area contributed by atoms with Gasteiger partial charge in [-0.05, 0) is 19.8 Å². The lowest BCUT2D eigenvalue weighted by Gasteiger charge is -2.28. The summed E-state index contributed by atoms with van der Waals surface area (Å²) < 4.78 is 22.4. The lowest BCUT2D eigenvalue weighted by atomic mass is 10.1. The number of aromatic nitrogens is 3. The summed E-state index contributed by atoms with van der Waals surface area (Å²) in [6.45, 7) is 3.35. The molecular weight excluding hydrogens is 383 g/mol. The van der Waals surface area contributed by atoms with Gasteiger partial charge >= 0.3 is 0 Å². The van der Waals surface area contributed by atoms with Gasteiger partial charge in [0.1, 0.15) is 11.5 Å². The number of ether oxygens (including phenoxy) is 1. The van der Waals surface area contributed by atoms with Gasteiger partial charge in [0.25, 0.3) is 0 Å². The van der Waals surface area contributed by atoms with Crippen molar-refractivity contribution in [1.29, 1.82) is 0 Å². The monoisotopic (exact) mass is 406 g/mol. The Bertz CT molecular complexity index is 1130. The predicted octanol–water partition coefficient (Wildman–Crippen LogP) is 3.69. The molecule has 0 spiro atoms. The Morgan fingerprint density at radius 3 is 2.87 bits per heavy atom. The highest BCUT2D eigenvalue weighted by atomic mass is 19.1. The average Bonchev–Trinajstić information content (AvgIpc) is 3.17. The summed E-state index contributed by atoms with van der Waals surface area (Å²) in [6, 6.07) is 8.21. The fraction of sp³-hybridized carbons (Fsp3) is 0.318. The Morgan fingerprint density at radius 2 is 2.00 bits per heavy atom. The highest BCUT2D eigenvalue weighted by Gasteiger charge is 2.27. The average molecular weight is 406 g/mol. The molecule has 7 nitrogen and oxygen atoms in total. The number of imidazole rings is 1. The molecule has 30 heavy (non-hydrogen) atoms. The van der Waals surface area contributed by atoms with E-state index in [-0.39, 0.29) is 6.04 Å². The first kappa shape index (κ1) is 18.7. The summed E-state index contributed by atoms with van der Waals surface area (Å²) in [7, 11) is 0. The maximum Gasteiger partial charge on any atom is 0.194 e. The molecule has 5 rings (SSSR count). The van der Waals surface area contributed by atoms with Crippen molar-refractivity contribution in [2.75, 3.05) is 18.5 Å². The number of nitrogens with zero attached hydrogens (tertiary/aromatic N) is 4. The van der Waals surface area contributed by atoms with E-state index in [4.69, 9.17) is 4.74 Å². The van der Waals surface area contributed by atoms with E-state index in [0.29, 0.717) is 24.6 Å². The zero-order valence-corrected chi connectivity index (χ0v) is 16.7. The normalized spacial score (nSPS) is 19.9. The molecule has 4 heterocycles. The van der Waals surface area contributed by atoms with Gasteiger partial charge in [0.05, 0.1) is 23.8 Å². The molecule has 1 saturated heterocycles. The minimum atomic E-state index is -0.523. The van der Waals surface area contributed by atoms with E-state index < -0.39 is 12.1 Å². The number of hydrogen-bond donors (Lipinski definition) is 2. The summed E-state index contributed by atoms with van der Waals surface area (Å²) in [5, 5.41) is 8.36. The molecule has 0 bridgehead atoms. The van der Waals surface area contributed by atoms with Crippen LogP contribution < -0.4 is 10.6 Å². The van der Waals surface area contributed by atoms with E-state index in [0.717, 1.165) is 35.1 Å². The van der Waals surface area contributed by atoms with Crippen LogP contribution in [0.4, 0.5) is 10.1 Å². The fourth-order valence-corrected chi connectivity index (χ4v) is 4.12. The minimum absolute atomic E-state index is 0.232. The van der Waals surface area contributed by atoms with Gasteiger partial charge < -0.3 is 19.9 Å². The van der Waals surface area contributed by atoms with Crippen LogP contribution in [0.5, 0.6) is 0 Å². The fourth-order valence-electron chi connectivity index (χ4n) is 4.12. The maximum absolute atomic E-state index is 14.8. The van der Waals surface area contributed by atoms with Crippen molar-refractivity contribution in [1.82, 2.24) is 19.9 Å². The van der Waals surface area contributed by atoms with Crippen LogP contribution in [0.1, 0.15) is 30.4 Å². The molecule has 8 heteroatoms. The molecule has 2 aromatic heterocycles. The summed E-state index contributed by atoms with van der Waals surface area (Å²) in [4.78, 5) is 13.4. The lowest BCUT2D eigenvalue weighted by Crippen LogP contribution is -2.36. The van der Waals surface area contributed by atoms with Crippen molar-refractivity contribution < 1.29 is 9.13 Å². The second kappa shape index (κ2) is 7.87. The Morgan fingerprint density at radius 1 is 1.17 bits per heavy atom. The third kappa shape index (κ3) is 3.43. The van der Waals surface area contributed by atoms with E-state index in [1.165, 1.54) is 6.20 Å². The van der Waals surface area contributed by atoms with Crippen LogP contribution >= 0.6 is 0 Å². The van der Waals surface area contributed by atoms with Gasteiger partial charge in [-0.25, -0.2) is 14.4 Å². The largest absolute Gasteiger partial charge is 0.381 e. The number of benzene rings is 1. The molecule has 0 aliphatic carbocycles. The van der Waals surface area contributed by atoms with Gasteiger partial charge in [0.15, 0.2) is 12.1 Å². The predicted molar refractivity (Wildman–Crippen MR) is 114 cm³/mol. The molecule has 0 saturated carbocycles. The molecule has 2 aliphatic rings. The van der Waals surface area contributed by atoms with Crippen LogP contribution in [-0.4, -0.2) is 39.8 Å². The highest BCUT2D eigenvalue weighted by molar-refractivity contribution is 6.10. The first-order valence-corrected chi connectivity index (χ1v) is 10.1. The van der Waals surface area contributed by atoms with Gasteiger partial charge in [0, 0.05) is 42.4 Å². The van der Waals surface area contributed by atoms with Crippen LogP contribution in [0.3, 0.4) is 0 Å². The number of fused-ring (bicyclic) bond motifs is 1. The molecular formula is C22H23FN6O. The number of aryl methyl sites for hydroxylation is 1. The topological polar surface area (TPSA) is 76.4 Å².